The lowest BCUT2D eigenvalue weighted by Crippen LogP contribution is -2.64. The fourth-order valence-corrected chi connectivity index (χ4v) is 10.9. The largest absolute Gasteiger partial charge is 0.391 e. The molecule has 0 unspecified atom stereocenters. The van der Waals surface area contributed by atoms with Crippen LogP contribution in [0.15, 0.2) is 0 Å². The van der Waals surface area contributed by atoms with Crippen molar-refractivity contribution in [2.24, 2.45) is 41.4 Å². The van der Waals surface area contributed by atoms with Gasteiger partial charge in [-0.3, -0.25) is 52.7 Å². The fourth-order valence-electron chi connectivity index (χ4n) is 10.9. The van der Waals surface area contributed by atoms with E-state index >= 15 is 9.59 Å². The van der Waals surface area contributed by atoms with Crippen molar-refractivity contribution >= 4 is 65.0 Å². The van der Waals surface area contributed by atoms with Crippen LogP contribution in [0.2, 0.25) is 0 Å². The van der Waals surface area contributed by atoms with Gasteiger partial charge in [0, 0.05) is 49.3 Å². The lowest BCUT2D eigenvalue weighted by Gasteiger charge is -2.41. The summed E-state index contributed by atoms with van der Waals surface area (Å²) in [5.74, 6) is -10.5. The van der Waals surface area contributed by atoms with E-state index in [4.69, 9.17) is 0 Å². The van der Waals surface area contributed by atoms with Crippen molar-refractivity contribution in [1.29, 1.82) is 0 Å². The molecule has 0 aromatic carbocycles. The van der Waals surface area contributed by atoms with Crippen molar-refractivity contribution in [2.45, 2.75) is 235 Å². The molecule has 1 saturated heterocycles. The third kappa shape index (κ3) is 21.7. The van der Waals surface area contributed by atoms with Gasteiger partial charge in [0.1, 0.15) is 60.4 Å². The van der Waals surface area contributed by atoms with Crippen LogP contribution in [0.3, 0.4) is 0 Å². The lowest BCUT2D eigenvalue weighted by molar-refractivity contribution is -0.157. The molecule has 11 amide bonds. The molecular weight excluding hydrogens is 1110 g/mol. The lowest BCUT2D eigenvalue weighted by atomic mass is 9.90. The smallest absolute Gasteiger partial charge is 0.248 e. The maximum Gasteiger partial charge on any atom is 0.248 e. The highest BCUT2D eigenvalue weighted by Gasteiger charge is 2.46. The number of nitrogens with one attached hydrogen (secondary N) is 4. The molecule has 0 bridgehead atoms. The zero-order chi connectivity index (χ0) is 66.8. The summed E-state index contributed by atoms with van der Waals surface area (Å²) in [6, 6.07) is -13.1. The molecule has 494 valence electrons. The highest BCUT2D eigenvalue weighted by molar-refractivity contribution is 5.99. The summed E-state index contributed by atoms with van der Waals surface area (Å²) in [5, 5.41) is 34.1. The van der Waals surface area contributed by atoms with E-state index in [-0.39, 0.29) is 49.4 Å². The molecule has 0 aromatic heterocycles. The first-order chi connectivity index (χ1) is 39.6. The molecule has 0 saturated carbocycles. The number of likely N-dealkylation sites (N-methyl/N-ethyl adjacent to an activating group) is 7. The predicted molar refractivity (Wildman–Crippen MR) is 330 cm³/mol. The Morgan fingerprint density at radius 2 is 0.814 bits per heavy atom. The summed E-state index contributed by atoms with van der Waals surface area (Å²) in [6.45, 7) is 28.8. The summed E-state index contributed by atoms with van der Waals surface area (Å²) in [5.41, 5.74) is 0. The summed E-state index contributed by atoms with van der Waals surface area (Å²) in [7, 11) is 9.68. The van der Waals surface area contributed by atoms with Crippen molar-refractivity contribution in [3.63, 3.8) is 0 Å². The van der Waals surface area contributed by atoms with Crippen LogP contribution in [0.5, 0.6) is 0 Å². The summed E-state index contributed by atoms with van der Waals surface area (Å²) < 4.78 is 0. The van der Waals surface area contributed by atoms with Gasteiger partial charge in [0.05, 0.1) is 18.8 Å². The number of aliphatic hydroxyl groups is 2. The Hall–Kier alpha value is -5.91. The van der Waals surface area contributed by atoms with Crippen LogP contribution in [0.1, 0.15) is 163 Å². The average molecular weight is 1220 g/mol. The van der Waals surface area contributed by atoms with E-state index in [1.165, 1.54) is 89.7 Å². The van der Waals surface area contributed by atoms with Gasteiger partial charge in [0.25, 0.3) is 0 Å². The monoisotopic (exact) mass is 1220 g/mol. The summed E-state index contributed by atoms with van der Waals surface area (Å²) in [6.07, 6.45) is -0.752. The van der Waals surface area contributed by atoms with Crippen LogP contribution in [-0.2, 0) is 52.7 Å². The Morgan fingerprint density at radius 1 is 0.419 bits per heavy atom. The van der Waals surface area contributed by atoms with Crippen LogP contribution in [0.25, 0.3) is 0 Å². The molecule has 0 aromatic rings. The highest BCUT2D eigenvalue weighted by Crippen LogP contribution is 2.26. The van der Waals surface area contributed by atoms with Gasteiger partial charge in [-0.05, 0) is 94.3 Å². The van der Waals surface area contributed by atoms with E-state index in [0.29, 0.717) is 12.8 Å². The van der Waals surface area contributed by atoms with E-state index in [1.807, 2.05) is 62.3 Å². The number of carbonyl (C=O) groups is 11. The number of nitrogens with zero attached hydrogens (tertiary/aromatic N) is 7. The topological polar surface area (TPSA) is 299 Å². The van der Waals surface area contributed by atoms with Crippen molar-refractivity contribution in [1.82, 2.24) is 55.6 Å². The molecule has 13 atom stereocenters. The second-order valence-corrected chi connectivity index (χ2v) is 26.7. The van der Waals surface area contributed by atoms with Crippen LogP contribution in [0.4, 0.5) is 0 Å². The highest BCUT2D eigenvalue weighted by atomic mass is 16.3. The molecule has 86 heavy (non-hydrogen) atoms. The number of amides is 11. The molecule has 0 radical (unpaired) electrons. The zero-order valence-corrected chi connectivity index (χ0v) is 56.6. The van der Waals surface area contributed by atoms with Gasteiger partial charge in [0.15, 0.2) is 0 Å². The molecule has 6 N–H and O–H groups in total. The Bertz CT molecular complexity index is 2310. The van der Waals surface area contributed by atoms with Crippen LogP contribution < -0.4 is 21.3 Å². The number of hydrogen-bond donors (Lipinski definition) is 6. The molecule has 1 aliphatic rings. The Kier molecular flexibility index (Phi) is 31.9. The van der Waals surface area contributed by atoms with E-state index in [9.17, 15) is 53.4 Å². The normalized spacial score (nSPS) is 27.0. The van der Waals surface area contributed by atoms with Gasteiger partial charge in [-0.25, -0.2) is 0 Å². The fraction of sp³-hybridized carbons (Fsp3) is 0.823. The summed E-state index contributed by atoms with van der Waals surface area (Å²) in [4.78, 5) is 168. The number of carbonyl (C=O) groups excluding carboxylic acids is 11. The summed E-state index contributed by atoms with van der Waals surface area (Å²) >= 11 is 0. The first kappa shape index (κ1) is 78.1. The number of unbranched alkanes of at least 4 members (excludes halogenated alkanes) is 1. The van der Waals surface area contributed by atoms with Gasteiger partial charge in [0.2, 0.25) is 65.0 Å². The van der Waals surface area contributed by atoms with Crippen molar-refractivity contribution in [3.8, 4) is 0 Å². The zero-order valence-electron chi connectivity index (χ0n) is 56.6. The molecule has 1 rings (SSSR count). The molecule has 1 heterocycles. The SMILES string of the molecule is CCCC[C@@H](C)[C@@H](O)[C@H]1C(=O)N[C@@H]([C@@H](C)O)C(=O)N(C)CC(=O)N(C)[C@@H](CC(C)C)C(=O)N[C@@H](C(C)C)C(=O)N(C)[C@@H](CC(C)C)C(=O)N[C@@H](C)C(=O)N[C@H](C)C(=O)N(C)[C@@H](CC(C)C)C(=O)N(C)[C@@H](CC(C)C)C(=O)N(C)[C@@H](C(C)C)C(=O)N1C. The Morgan fingerprint density at radius 3 is 1.26 bits per heavy atom. The molecular formula is C62H113N11O13. The molecule has 1 fully saturated rings. The predicted octanol–water partition coefficient (Wildman–Crippen LogP) is 2.46. The standard InChI is InChI=1S/C62H113N11O13/c1-25-26-27-39(14)52(76)51-56(80)66-49(42(17)74)60(84)67(18)32-47(75)68(19)43(28-33(2)3)55(79)65-48(37(10)11)61(85)69(20)44(29-34(4)5)54(78)63-40(15)53(77)64-41(16)57(81)70(21)45(30-35(6)7)58(82)71(22)46(31-36(8)9)59(83)72(23)50(38(12)13)62(86)73(51)24/h33-46,48-52,74,76H,25-32H2,1-24H3,(H,63,78)(H,64,77)(H,65,79)(H,66,80)/t39-,40+,41-,42-,43+,44+,45+,46+,48+,49+,50+,51+,52-/m1/s1. The Labute approximate surface area is 514 Å². The molecule has 24 heteroatoms. The number of rotatable bonds is 16. The van der Waals surface area contributed by atoms with E-state index < -0.39 is 162 Å². The third-order valence-electron chi connectivity index (χ3n) is 16.4. The van der Waals surface area contributed by atoms with Crippen LogP contribution >= 0.6 is 0 Å². The molecule has 24 nitrogen and oxygen atoms in total. The van der Waals surface area contributed by atoms with E-state index in [2.05, 4.69) is 21.3 Å². The molecule has 0 spiro atoms. The minimum atomic E-state index is -1.73. The molecule has 0 aliphatic carbocycles. The average Bonchev–Trinajstić information content (AvgIpc) is 2.16. The minimum absolute atomic E-state index is 0.117. The Balaban J connectivity index is 4.36. The van der Waals surface area contributed by atoms with Gasteiger partial charge >= 0.3 is 0 Å². The van der Waals surface area contributed by atoms with Gasteiger partial charge in [-0.15, -0.1) is 0 Å². The van der Waals surface area contributed by atoms with Gasteiger partial charge < -0.3 is 65.8 Å². The number of hydrogen-bond acceptors (Lipinski definition) is 13. The van der Waals surface area contributed by atoms with E-state index in [1.54, 1.807) is 34.6 Å². The van der Waals surface area contributed by atoms with Gasteiger partial charge in [-0.2, -0.15) is 0 Å². The quantitative estimate of drug-likeness (QED) is 0.130. The van der Waals surface area contributed by atoms with Crippen molar-refractivity contribution in [2.75, 3.05) is 55.9 Å². The van der Waals surface area contributed by atoms with Crippen LogP contribution in [-0.4, -0.2) is 238 Å². The minimum Gasteiger partial charge on any atom is -0.391 e. The van der Waals surface area contributed by atoms with Crippen LogP contribution in [0, 0.1) is 41.4 Å². The first-order valence-corrected chi connectivity index (χ1v) is 31.0. The third-order valence-corrected chi connectivity index (χ3v) is 16.4. The maximum absolute atomic E-state index is 15.2. The maximum atomic E-state index is 15.2. The van der Waals surface area contributed by atoms with Crippen molar-refractivity contribution in [3.05, 3.63) is 0 Å². The van der Waals surface area contributed by atoms with E-state index in [0.717, 1.165) is 21.1 Å². The van der Waals surface area contributed by atoms with Crippen molar-refractivity contribution < 1.29 is 63.0 Å². The molecule has 1 aliphatic heterocycles. The second-order valence-electron chi connectivity index (χ2n) is 26.7. The first-order valence-electron chi connectivity index (χ1n) is 31.0. The second kappa shape index (κ2) is 35.2. The van der Waals surface area contributed by atoms with Gasteiger partial charge in [-0.1, -0.05) is 110 Å². The number of aliphatic hydroxyl groups excluding tert-OH is 2.